The predicted octanol–water partition coefficient (Wildman–Crippen LogP) is 3.62. The van der Waals surface area contributed by atoms with Gasteiger partial charge in [0.1, 0.15) is 5.82 Å². The van der Waals surface area contributed by atoms with Crippen molar-refractivity contribution in [3.8, 4) is 11.3 Å². The van der Waals surface area contributed by atoms with Crippen LogP contribution in [0.15, 0.2) is 42.9 Å². The van der Waals surface area contributed by atoms with Crippen molar-refractivity contribution < 1.29 is 9.59 Å². The minimum absolute atomic E-state index is 0.0744. The molecule has 0 radical (unpaired) electrons. The summed E-state index contributed by atoms with van der Waals surface area (Å²) in [5.74, 6) is 1.13. The number of H-pyrrole nitrogens is 1. The van der Waals surface area contributed by atoms with Crippen molar-refractivity contribution >= 4 is 22.6 Å². The molecule has 4 rings (SSSR count). The number of amides is 2. The number of unbranched alkanes of at least 4 members (excludes halogenated alkanes) is 2. The van der Waals surface area contributed by atoms with E-state index in [1.807, 2.05) is 18.5 Å². The average Bonchev–Trinajstić information content (AvgIpc) is 3.58. The lowest BCUT2D eigenvalue weighted by molar-refractivity contribution is -0.122. The van der Waals surface area contributed by atoms with Crippen LogP contribution in [0.1, 0.15) is 56.7 Å². The molecule has 0 aliphatic carbocycles. The lowest BCUT2D eigenvalue weighted by Gasteiger charge is -2.18. The third-order valence-corrected chi connectivity index (χ3v) is 6.78. The molecule has 0 spiro atoms. The number of pyridine rings is 1. The van der Waals surface area contributed by atoms with Gasteiger partial charge in [-0.1, -0.05) is 25.0 Å². The Morgan fingerprint density at radius 3 is 2.74 bits per heavy atom. The minimum Gasteiger partial charge on any atom is -0.359 e. The number of carbonyl (C=O) groups excluding carboxylic acids is 2. The SMILES string of the molecule is CNC(=O)CCCCCC(CNC(=O)CN1CCCC1)c1ncc(-c2ccc3ccncc3c2)[nH]1. The summed E-state index contributed by atoms with van der Waals surface area (Å²) in [6.07, 6.45) is 12.1. The van der Waals surface area contributed by atoms with Crippen LogP contribution in [0.3, 0.4) is 0 Å². The van der Waals surface area contributed by atoms with Gasteiger partial charge in [0.25, 0.3) is 0 Å². The van der Waals surface area contributed by atoms with E-state index in [1.165, 1.54) is 12.8 Å². The number of nitrogens with one attached hydrogen (secondary N) is 3. The Morgan fingerprint density at radius 1 is 1.06 bits per heavy atom. The summed E-state index contributed by atoms with van der Waals surface area (Å²) in [7, 11) is 1.67. The summed E-state index contributed by atoms with van der Waals surface area (Å²) in [6, 6.07) is 8.30. The third-order valence-electron chi connectivity index (χ3n) is 6.78. The molecule has 0 bridgehead atoms. The van der Waals surface area contributed by atoms with E-state index in [2.05, 4.69) is 43.7 Å². The first-order valence-electron chi connectivity index (χ1n) is 12.7. The first-order chi connectivity index (χ1) is 17.1. The lowest BCUT2D eigenvalue weighted by Crippen LogP contribution is -2.37. The van der Waals surface area contributed by atoms with E-state index >= 15 is 0 Å². The van der Waals surface area contributed by atoms with Crippen molar-refractivity contribution in [3.63, 3.8) is 0 Å². The molecule has 2 aromatic heterocycles. The Bertz CT molecular complexity index is 1120. The molecule has 2 amide bonds. The van der Waals surface area contributed by atoms with Gasteiger partial charge in [-0.25, -0.2) is 4.98 Å². The Kier molecular flexibility index (Phi) is 8.84. The number of fused-ring (bicyclic) bond motifs is 1. The van der Waals surface area contributed by atoms with Gasteiger partial charge in [0, 0.05) is 49.3 Å². The Morgan fingerprint density at radius 2 is 1.91 bits per heavy atom. The summed E-state index contributed by atoms with van der Waals surface area (Å²) < 4.78 is 0. The van der Waals surface area contributed by atoms with E-state index in [4.69, 9.17) is 4.98 Å². The minimum atomic E-state index is 0.0744. The van der Waals surface area contributed by atoms with Crippen molar-refractivity contribution in [1.29, 1.82) is 0 Å². The van der Waals surface area contributed by atoms with E-state index in [1.54, 1.807) is 13.2 Å². The lowest BCUT2D eigenvalue weighted by atomic mass is 9.99. The molecule has 1 atom stereocenters. The summed E-state index contributed by atoms with van der Waals surface area (Å²) in [4.78, 5) is 38.7. The first-order valence-corrected chi connectivity index (χ1v) is 12.7. The predicted molar refractivity (Wildman–Crippen MR) is 138 cm³/mol. The normalized spacial score (nSPS) is 14.8. The van der Waals surface area contributed by atoms with Crippen LogP contribution in [0.2, 0.25) is 0 Å². The maximum absolute atomic E-state index is 12.5. The molecule has 1 saturated heterocycles. The standard InChI is InChI=1S/C27H36N6O2/c1-28-25(34)8-4-2-3-7-22(17-30-26(35)19-33-13-5-6-14-33)27-31-18-24(32-27)21-10-9-20-11-12-29-16-23(20)15-21/h9-12,15-16,18,22H,2-8,13-14,17,19H2,1H3,(H,28,34)(H,30,35)(H,31,32). The number of benzene rings is 1. The molecule has 186 valence electrons. The monoisotopic (exact) mass is 476 g/mol. The molecule has 3 N–H and O–H groups in total. The zero-order chi connectivity index (χ0) is 24.5. The highest BCUT2D eigenvalue weighted by molar-refractivity contribution is 5.86. The van der Waals surface area contributed by atoms with Crippen LogP contribution < -0.4 is 10.6 Å². The number of nitrogens with zero attached hydrogens (tertiary/aromatic N) is 3. The number of hydrogen-bond acceptors (Lipinski definition) is 5. The molecule has 1 aliphatic heterocycles. The molecular weight excluding hydrogens is 440 g/mol. The second-order valence-corrected chi connectivity index (χ2v) is 9.38. The molecule has 35 heavy (non-hydrogen) atoms. The zero-order valence-corrected chi connectivity index (χ0v) is 20.6. The van der Waals surface area contributed by atoms with Gasteiger partial charge in [-0.05, 0) is 56.3 Å². The Hall–Kier alpha value is -3.26. The van der Waals surface area contributed by atoms with Crippen LogP contribution in [-0.4, -0.2) is 64.9 Å². The van der Waals surface area contributed by atoms with Crippen LogP contribution in [0.4, 0.5) is 0 Å². The van der Waals surface area contributed by atoms with E-state index < -0.39 is 0 Å². The molecular formula is C27H36N6O2. The molecule has 0 saturated carbocycles. The zero-order valence-electron chi connectivity index (χ0n) is 20.6. The summed E-state index contributed by atoms with van der Waals surface area (Å²) in [5, 5.41) is 8.05. The molecule has 1 aliphatic rings. The molecule has 8 heteroatoms. The molecule has 3 heterocycles. The van der Waals surface area contributed by atoms with Crippen LogP contribution in [0.5, 0.6) is 0 Å². The van der Waals surface area contributed by atoms with E-state index in [-0.39, 0.29) is 17.7 Å². The highest BCUT2D eigenvalue weighted by Gasteiger charge is 2.19. The number of imidazole rings is 1. The first kappa shape index (κ1) is 24.9. The topological polar surface area (TPSA) is 103 Å². The molecule has 1 fully saturated rings. The quantitative estimate of drug-likeness (QED) is 0.347. The highest BCUT2D eigenvalue weighted by Crippen LogP contribution is 2.26. The van der Waals surface area contributed by atoms with Crippen molar-refractivity contribution in [2.24, 2.45) is 0 Å². The fourth-order valence-corrected chi connectivity index (χ4v) is 4.69. The van der Waals surface area contributed by atoms with Crippen LogP contribution in [0.25, 0.3) is 22.0 Å². The number of carbonyl (C=O) groups is 2. The second-order valence-electron chi connectivity index (χ2n) is 9.38. The highest BCUT2D eigenvalue weighted by atomic mass is 16.2. The van der Waals surface area contributed by atoms with Gasteiger partial charge in [0.2, 0.25) is 11.8 Å². The number of likely N-dealkylation sites (tertiary alicyclic amines) is 1. The molecule has 1 aromatic carbocycles. The van der Waals surface area contributed by atoms with Gasteiger partial charge in [-0.2, -0.15) is 0 Å². The van der Waals surface area contributed by atoms with Gasteiger partial charge >= 0.3 is 0 Å². The number of aromatic nitrogens is 3. The number of rotatable bonds is 12. The van der Waals surface area contributed by atoms with Crippen LogP contribution in [0, 0.1) is 0 Å². The summed E-state index contributed by atoms with van der Waals surface area (Å²) in [6.45, 7) is 3.03. The van der Waals surface area contributed by atoms with Gasteiger partial charge in [0.15, 0.2) is 0 Å². The van der Waals surface area contributed by atoms with Gasteiger partial charge in [-0.15, -0.1) is 0 Å². The molecule has 1 unspecified atom stereocenters. The summed E-state index contributed by atoms with van der Waals surface area (Å²) in [5.41, 5.74) is 2.02. The van der Waals surface area contributed by atoms with Crippen LogP contribution in [-0.2, 0) is 9.59 Å². The van der Waals surface area contributed by atoms with Gasteiger partial charge in [-0.3, -0.25) is 19.5 Å². The average molecular weight is 477 g/mol. The van der Waals surface area contributed by atoms with Gasteiger partial charge in [0.05, 0.1) is 18.4 Å². The third kappa shape index (κ3) is 7.11. The van der Waals surface area contributed by atoms with Crippen molar-refractivity contribution in [3.05, 3.63) is 48.7 Å². The maximum Gasteiger partial charge on any atom is 0.234 e. The Labute approximate surface area is 206 Å². The number of aromatic amines is 1. The summed E-state index contributed by atoms with van der Waals surface area (Å²) >= 11 is 0. The van der Waals surface area contributed by atoms with Crippen molar-refractivity contribution in [2.45, 2.75) is 50.9 Å². The van der Waals surface area contributed by atoms with E-state index in [0.717, 1.165) is 66.6 Å². The maximum atomic E-state index is 12.5. The Balaban J connectivity index is 1.40. The molecule has 8 nitrogen and oxygen atoms in total. The van der Waals surface area contributed by atoms with E-state index in [9.17, 15) is 9.59 Å². The van der Waals surface area contributed by atoms with Crippen LogP contribution >= 0.6 is 0 Å². The molecule has 3 aromatic rings. The number of hydrogen-bond donors (Lipinski definition) is 3. The van der Waals surface area contributed by atoms with Crippen molar-refractivity contribution in [2.75, 3.05) is 33.2 Å². The smallest absolute Gasteiger partial charge is 0.234 e. The second kappa shape index (κ2) is 12.4. The van der Waals surface area contributed by atoms with Gasteiger partial charge < -0.3 is 15.6 Å². The largest absolute Gasteiger partial charge is 0.359 e. The fourth-order valence-electron chi connectivity index (χ4n) is 4.69. The fraction of sp³-hybridized carbons (Fsp3) is 0.481. The van der Waals surface area contributed by atoms with E-state index in [0.29, 0.717) is 19.5 Å². The van der Waals surface area contributed by atoms with Crippen molar-refractivity contribution in [1.82, 2.24) is 30.5 Å².